The number of hydrogen-bond acceptors (Lipinski definition) is 5. The number of carbonyl (C=O) groups is 1. The van der Waals surface area contributed by atoms with Gasteiger partial charge < -0.3 is 9.80 Å². The minimum atomic E-state index is -2.86. The van der Waals surface area contributed by atoms with Crippen LogP contribution in [0.3, 0.4) is 0 Å². The number of rotatable bonds is 5. The lowest BCUT2D eigenvalue weighted by Crippen LogP contribution is -2.43. The van der Waals surface area contributed by atoms with Crippen molar-refractivity contribution in [1.82, 2.24) is 14.7 Å². The average Bonchev–Trinajstić information content (AvgIpc) is 2.66. The van der Waals surface area contributed by atoms with Gasteiger partial charge in [-0.1, -0.05) is 6.92 Å². The Balaban J connectivity index is 1.82. The molecule has 2 heterocycles. The molecule has 0 aliphatic carbocycles. The van der Waals surface area contributed by atoms with Crippen molar-refractivity contribution in [3.63, 3.8) is 0 Å². The van der Waals surface area contributed by atoms with Gasteiger partial charge in [0.2, 0.25) is 5.91 Å². The largest absolute Gasteiger partial charge is 0.342 e. The topological polar surface area (TPSA) is 60.9 Å². The zero-order valence-corrected chi connectivity index (χ0v) is 15.5. The summed E-state index contributed by atoms with van der Waals surface area (Å²) in [6.45, 7) is 10.6. The Morgan fingerprint density at radius 3 is 2.52 bits per heavy atom. The molecule has 2 aliphatic rings. The third-order valence-corrected chi connectivity index (χ3v) is 6.11. The monoisotopic (exact) mass is 345 g/mol. The quantitative estimate of drug-likeness (QED) is 0.717. The van der Waals surface area contributed by atoms with Crippen LogP contribution in [0.5, 0.6) is 0 Å². The summed E-state index contributed by atoms with van der Waals surface area (Å²) in [4.78, 5) is 18.4. The van der Waals surface area contributed by atoms with Gasteiger partial charge in [0.05, 0.1) is 5.75 Å². The number of nitrogens with zero attached hydrogens (tertiary/aromatic N) is 3. The van der Waals surface area contributed by atoms with E-state index in [1.54, 1.807) is 6.92 Å². The molecular formula is C16H31N3O3S. The second-order valence-corrected chi connectivity index (χ2v) is 9.44. The van der Waals surface area contributed by atoms with E-state index in [0.29, 0.717) is 12.0 Å². The Morgan fingerprint density at radius 1 is 1.13 bits per heavy atom. The Hall–Kier alpha value is -0.660. The molecular weight excluding hydrogens is 314 g/mol. The lowest BCUT2D eigenvalue weighted by atomic mass is 10.0. The summed E-state index contributed by atoms with van der Waals surface area (Å²) in [7, 11) is -2.86. The Labute approximate surface area is 140 Å². The van der Waals surface area contributed by atoms with Crippen molar-refractivity contribution in [3.05, 3.63) is 0 Å². The SMILES string of the molecule is CC(=O)N1CCCN([C@H]2CN(CCCS(C)(=O)=O)C[C@@H]2C)CC1. The predicted molar refractivity (Wildman–Crippen MR) is 92.2 cm³/mol. The number of sulfone groups is 1. The van der Waals surface area contributed by atoms with Crippen LogP contribution < -0.4 is 0 Å². The third kappa shape index (κ3) is 5.72. The fourth-order valence-corrected chi connectivity index (χ4v) is 4.49. The van der Waals surface area contributed by atoms with Crippen LogP contribution in [0.2, 0.25) is 0 Å². The summed E-state index contributed by atoms with van der Waals surface area (Å²) >= 11 is 0. The Morgan fingerprint density at radius 2 is 1.87 bits per heavy atom. The van der Waals surface area contributed by atoms with Crippen LogP contribution in [-0.2, 0) is 14.6 Å². The third-order valence-electron chi connectivity index (χ3n) is 5.08. The highest BCUT2D eigenvalue weighted by molar-refractivity contribution is 7.90. The lowest BCUT2D eigenvalue weighted by Gasteiger charge is -2.30. The van der Waals surface area contributed by atoms with Crippen LogP contribution in [0.25, 0.3) is 0 Å². The summed E-state index contributed by atoms with van der Waals surface area (Å²) in [6.07, 6.45) is 3.06. The first kappa shape index (κ1) is 18.7. The molecule has 2 fully saturated rings. The fourth-order valence-electron chi connectivity index (χ4n) is 3.84. The molecule has 2 aliphatic heterocycles. The van der Waals surface area contributed by atoms with E-state index in [4.69, 9.17) is 0 Å². The van der Waals surface area contributed by atoms with Crippen LogP contribution in [-0.4, -0.2) is 92.9 Å². The second kappa shape index (κ2) is 7.94. The van der Waals surface area contributed by atoms with Gasteiger partial charge in [-0.05, 0) is 25.3 Å². The van der Waals surface area contributed by atoms with E-state index in [1.165, 1.54) is 6.26 Å². The number of carbonyl (C=O) groups excluding carboxylic acids is 1. The summed E-state index contributed by atoms with van der Waals surface area (Å²) in [5.41, 5.74) is 0. The molecule has 23 heavy (non-hydrogen) atoms. The maximum Gasteiger partial charge on any atom is 0.219 e. The molecule has 0 N–H and O–H groups in total. The zero-order valence-electron chi connectivity index (χ0n) is 14.7. The first-order valence-electron chi connectivity index (χ1n) is 8.66. The molecule has 6 nitrogen and oxygen atoms in total. The lowest BCUT2D eigenvalue weighted by molar-refractivity contribution is -0.128. The molecule has 0 bridgehead atoms. The van der Waals surface area contributed by atoms with E-state index in [2.05, 4.69) is 16.7 Å². The van der Waals surface area contributed by atoms with Gasteiger partial charge in [-0.25, -0.2) is 8.42 Å². The average molecular weight is 346 g/mol. The van der Waals surface area contributed by atoms with Crippen molar-refractivity contribution in [2.24, 2.45) is 5.92 Å². The van der Waals surface area contributed by atoms with Gasteiger partial charge in [-0.15, -0.1) is 0 Å². The Kier molecular flexibility index (Phi) is 6.45. The van der Waals surface area contributed by atoms with E-state index in [-0.39, 0.29) is 11.7 Å². The summed E-state index contributed by atoms with van der Waals surface area (Å²) in [5.74, 6) is 1.05. The van der Waals surface area contributed by atoms with Gasteiger partial charge in [-0.2, -0.15) is 0 Å². The standard InChI is InChI=1S/C16H31N3O3S/c1-14-12-17(6-5-11-23(3,21)22)13-16(14)19-8-4-7-18(9-10-19)15(2)20/h14,16H,4-13H2,1-3H3/t14-,16-/m0/s1. The Bertz CT molecular complexity index is 509. The van der Waals surface area contributed by atoms with Gasteiger partial charge in [0.15, 0.2) is 0 Å². The molecule has 0 unspecified atom stereocenters. The van der Waals surface area contributed by atoms with Crippen LogP contribution in [0.1, 0.15) is 26.7 Å². The second-order valence-electron chi connectivity index (χ2n) is 7.18. The van der Waals surface area contributed by atoms with E-state index in [0.717, 1.165) is 58.7 Å². The van der Waals surface area contributed by atoms with Gasteiger partial charge >= 0.3 is 0 Å². The van der Waals surface area contributed by atoms with E-state index in [1.807, 2.05) is 4.90 Å². The van der Waals surface area contributed by atoms with Crippen molar-refractivity contribution in [2.45, 2.75) is 32.7 Å². The molecule has 0 radical (unpaired) electrons. The molecule has 0 aromatic heterocycles. The zero-order chi connectivity index (χ0) is 17.0. The number of amides is 1. The van der Waals surface area contributed by atoms with Crippen LogP contribution in [0, 0.1) is 5.92 Å². The molecule has 0 aromatic carbocycles. The smallest absolute Gasteiger partial charge is 0.219 e. The van der Waals surface area contributed by atoms with Crippen molar-refractivity contribution in [3.8, 4) is 0 Å². The molecule has 2 rings (SSSR count). The molecule has 1 amide bonds. The molecule has 0 spiro atoms. The molecule has 2 saturated heterocycles. The maximum atomic E-state index is 11.5. The number of hydrogen-bond donors (Lipinski definition) is 0. The van der Waals surface area contributed by atoms with Crippen molar-refractivity contribution in [2.75, 3.05) is 57.8 Å². The minimum absolute atomic E-state index is 0.175. The first-order chi connectivity index (χ1) is 10.8. The van der Waals surface area contributed by atoms with Gasteiger partial charge in [-0.3, -0.25) is 9.69 Å². The molecule has 134 valence electrons. The summed E-state index contributed by atoms with van der Waals surface area (Å²) < 4.78 is 22.5. The van der Waals surface area contributed by atoms with Crippen LogP contribution >= 0.6 is 0 Å². The molecule has 0 aromatic rings. The van der Waals surface area contributed by atoms with Crippen LogP contribution in [0.15, 0.2) is 0 Å². The van der Waals surface area contributed by atoms with E-state index in [9.17, 15) is 13.2 Å². The van der Waals surface area contributed by atoms with Crippen molar-refractivity contribution < 1.29 is 13.2 Å². The van der Waals surface area contributed by atoms with E-state index < -0.39 is 9.84 Å². The minimum Gasteiger partial charge on any atom is -0.342 e. The van der Waals surface area contributed by atoms with Gasteiger partial charge in [0.25, 0.3) is 0 Å². The first-order valence-corrected chi connectivity index (χ1v) is 10.7. The van der Waals surface area contributed by atoms with Gasteiger partial charge in [0.1, 0.15) is 9.84 Å². The maximum absolute atomic E-state index is 11.5. The fraction of sp³-hybridized carbons (Fsp3) is 0.938. The van der Waals surface area contributed by atoms with Gasteiger partial charge in [0, 0.05) is 58.5 Å². The predicted octanol–water partition coefficient (Wildman–Crippen LogP) is 0.296. The van der Waals surface area contributed by atoms with Crippen molar-refractivity contribution >= 4 is 15.7 Å². The summed E-state index contributed by atoms with van der Waals surface area (Å²) in [6, 6.07) is 0.528. The molecule has 7 heteroatoms. The van der Waals surface area contributed by atoms with E-state index >= 15 is 0 Å². The highest BCUT2D eigenvalue weighted by atomic mass is 32.2. The normalized spacial score (nSPS) is 28.0. The molecule has 2 atom stereocenters. The highest BCUT2D eigenvalue weighted by Gasteiger charge is 2.34. The summed E-state index contributed by atoms with van der Waals surface area (Å²) in [5, 5.41) is 0. The highest BCUT2D eigenvalue weighted by Crippen LogP contribution is 2.23. The molecule has 0 saturated carbocycles. The number of likely N-dealkylation sites (tertiary alicyclic amines) is 1. The van der Waals surface area contributed by atoms with Crippen molar-refractivity contribution in [1.29, 1.82) is 0 Å². The van der Waals surface area contributed by atoms with Crippen LogP contribution in [0.4, 0.5) is 0 Å².